The Balaban J connectivity index is 1.86. The summed E-state index contributed by atoms with van der Waals surface area (Å²) in [5.74, 6) is -0.0201. The second-order valence-corrected chi connectivity index (χ2v) is 7.34. The summed E-state index contributed by atoms with van der Waals surface area (Å²) < 4.78 is 8.32. The summed E-state index contributed by atoms with van der Waals surface area (Å²) in [6, 6.07) is 10.5. The Labute approximate surface area is 163 Å². The SMILES string of the molecule is CCn1c(=NC(=O)COc2ccc(Cl)cc2Cl)sc2cccc(Cl)c21. The fourth-order valence-electron chi connectivity index (χ4n) is 2.34. The molecule has 1 heterocycles. The number of aromatic nitrogens is 1. The molecule has 0 spiro atoms. The minimum atomic E-state index is -0.407. The zero-order chi connectivity index (χ0) is 18.0. The summed E-state index contributed by atoms with van der Waals surface area (Å²) >= 11 is 19.5. The number of hydrogen-bond acceptors (Lipinski definition) is 3. The normalized spacial score (nSPS) is 11.9. The van der Waals surface area contributed by atoms with Crippen LogP contribution < -0.4 is 9.54 Å². The van der Waals surface area contributed by atoms with Crippen molar-refractivity contribution in [2.75, 3.05) is 6.61 Å². The van der Waals surface area contributed by atoms with Gasteiger partial charge in [0.05, 0.1) is 20.3 Å². The third kappa shape index (κ3) is 4.01. The van der Waals surface area contributed by atoms with Crippen LogP contribution in [0.1, 0.15) is 6.92 Å². The van der Waals surface area contributed by atoms with Crippen molar-refractivity contribution in [3.8, 4) is 5.75 Å². The van der Waals surface area contributed by atoms with Gasteiger partial charge in [0.2, 0.25) is 0 Å². The molecule has 0 saturated carbocycles. The third-order valence-electron chi connectivity index (χ3n) is 3.43. The van der Waals surface area contributed by atoms with Gasteiger partial charge in [0.15, 0.2) is 11.4 Å². The Kier molecular flexibility index (Phi) is 5.69. The minimum Gasteiger partial charge on any atom is -0.482 e. The van der Waals surface area contributed by atoms with Crippen molar-refractivity contribution in [1.82, 2.24) is 4.57 Å². The molecule has 1 amide bonds. The highest BCUT2D eigenvalue weighted by Crippen LogP contribution is 2.27. The van der Waals surface area contributed by atoms with Gasteiger partial charge >= 0.3 is 0 Å². The zero-order valence-corrected chi connectivity index (χ0v) is 16.2. The van der Waals surface area contributed by atoms with Gasteiger partial charge in [0.1, 0.15) is 5.75 Å². The van der Waals surface area contributed by atoms with E-state index >= 15 is 0 Å². The molecular weight excluding hydrogens is 403 g/mol. The molecule has 0 radical (unpaired) electrons. The molecule has 130 valence electrons. The van der Waals surface area contributed by atoms with Crippen LogP contribution >= 0.6 is 46.1 Å². The van der Waals surface area contributed by atoms with Gasteiger partial charge in [-0.2, -0.15) is 4.99 Å². The van der Waals surface area contributed by atoms with Crippen LogP contribution in [-0.2, 0) is 11.3 Å². The number of aryl methyl sites for hydroxylation is 1. The maximum absolute atomic E-state index is 12.2. The summed E-state index contributed by atoms with van der Waals surface area (Å²) in [6.45, 7) is 2.41. The van der Waals surface area contributed by atoms with E-state index in [-0.39, 0.29) is 6.61 Å². The Bertz CT molecular complexity index is 1010. The van der Waals surface area contributed by atoms with Crippen molar-refractivity contribution in [1.29, 1.82) is 0 Å². The molecule has 0 bridgehead atoms. The number of amides is 1. The van der Waals surface area contributed by atoms with E-state index in [9.17, 15) is 4.79 Å². The van der Waals surface area contributed by atoms with E-state index in [1.54, 1.807) is 18.2 Å². The van der Waals surface area contributed by atoms with Crippen molar-refractivity contribution in [3.63, 3.8) is 0 Å². The zero-order valence-electron chi connectivity index (χ0n) is 13.1. The first-order chi connectivity index (χ1) is 12.0. The van der Waals surface area contributed by atoms with Crippen LogP contribution in [0.15, 0.2) is 41.4 Å². The maximum atomic E-state index is 12.2. The predicted octanol–water partition coefficient (Wildman–Crippen LogP) is 5.19. The average molecular weight is 416 g/mol. The van der Waals surface area contributed by atoms with Crippen LogP contribution in [0.4, 0.5) is 0 Å². The van der Waals surface area contributed by atoms with E-state index in [4.69, 9.17) is 39.5 Å². The lowest BCUT2D eigenvalue weighted by Gasteiger charge is -2.06. The largest absolute Gasteiger partial charge is 0.482 e. The van der Waals surface area contributed by atoms with Gasteiger partial charge in [-0.15, -0.1) is 0 Å². The van der Waals surface area contributed by atoms with Crippen molar-refractivity contribution in [2.24, 2.45) is 4.99 Å². The van der Waals surface area contributed by atoms with Crippen molar-refractivity contribution in [3.05, 3.63) is 56.3 Å². The first-order valence-electron chi connectivity index (χ1n) is 7.43. The topological polar surface area (TPSA) is 43.6 Å². The fraction of sp³-hybridized carbons (Fsp3) is 0.176. The monoisotopic (exact) mass is 414 g/mol. The molecule has 0 N–H and O–H groups in total. The quantitative estimate of drug-likeness (QED) is 0.588. The second-order valence-electron chi connectivity index (χ2n) is 5.08. The van der Waals surface area contributed by atoms with E-state index in [2.05, 4.69) is 4.99 Å². The molecule has 2 aromatic carbocycles. The number of halogens is 3. The van der Waals surface area contributed by atoms with Crippen LogP contribution in [0.25, 0.3) is 10.2 Å². The van der Waals surface area contributed by atoms with Crippen LogP contribution in [0.3, 0.4) is 0 Å². The first-order valence-corrected chi connectivity index (χ1v) is 9.38. The number of para-hydroxylation sites is 1. The third-order valence-corrected chi connectivity index (χ3v) is 5.31. The molecule has 0 aliphatic carbocycles. The number of ether oxygens (including phenoxy) is 1. The van der Waals surface area contributed by atoms with E-state index < -0.39 is 5.91 Å². The van der Waals surface area contributed by atoms with Crippen molar-refractivity contribution in [2.45, 2.75) is 13.5 Å². The van der Waals surface area contributed by atoms with Crippen LogP contribution in [-0.4, -0.2) is 17.1 Å². The number of nitrogens with zero attached hydrogens (tertiary/aromatic N) is 2. The summed E-state index contributed by atoms with van der Waals surface area (Å²) in [5.41, 5.74) is 0.880. The lowest BCUT2D eigenvalue weighted by molar-refractivity contribution is -0.120. The smallest absolute Gasteiger partial charge is 0.286 e. The Morgan fingerprint density at radius 3 is 2.72 bits per heavy atom. The Morgan fingerprint density at radius 2 is 2.00 bits per heavy atom. The molecule has 1 aromatic heterocycles. The van der Waals surface area contributed by atoms with E-state index in [0.29, 0.717) is 32.2 Å². The maximum Gasteiger partial charge on any atom is 0.286 e. The molecule has 0 aliphatic rings. The van der Waals surface area contributed by atoms with Crippen LogP contribution in [0.2, 0.25) is 15.1 Å². The first kappa shape index (κ1) is 18.3. The summed E-state index contributed by atoms with van der Waals surface area (Å²) in [7, 11) is 0. The van der Waals surface area contributed by atoms with Gasteiger partial charge in [0.25, 0.3) is 5.91 Å². The molecule has 3 rings (SSSR count). The van der Waals surface area contributed by atoms with Crippen molar-refractivity contribution < 1.29 is 9.53 Å². The highest BCUT2D eigenvalue weighted by atomic mass is 35.5. The number of fused-ring (bicyclic) bond motifs is 1. The molecule has 0 saturated heterocycles. The molecular formula is C17H13Cl3N2O2S. The second kappa shape index (κ2) is 7.79. The number of thiazole rings is 1. The van der Waals surface area contributed by atoms with Gasteiger partial charge < -0.3 is 9.30 Å². The van der Waals surface area contributed by atoms with Gasteiger partial charge in [0, 0.05) is 11.6 Å². The Hall–Kier alpha value is -1.53. The lowest BCUT2D eigenvalue weighted by Crippen LogP contribution is -2.18. The molecule has 25 heavy (non-hydrogen) atoms. The van der Waals surface area contributed by atoms with Gasteiger partial charge in [-0.25, -0.2) is 0 Å². The van der Waals surface area contributed by atoms with Gasteiger partial charge in [-0.3, -0.25) is 4.79 Å². The molecule has 3 aromatic rings. The van der Waals surface area contributed by atoms with E-state index in [1.165, 1.54) is 11.3 Å². The molecule has 0 fully saturated rings. The van der Waals surface area contributed by atoms with Gasteiger partial charge in [-0.1, -0.05) is 52.2 Å². The highest BCUT2D eigenvalue weighted by molar-refractivity contribution is 7.16. The number of carbonyl (C=O) groups excluding carboxylic acids is 1. The lowest BCUT2D eigenvalue weighted by atomic mass is 10.3. The van der Waals surface area contributed by atoms with E-state index in [1.807, 2.05) is 29.7 Å². The molecule has 0 aliphatic heterocycles. The molecule has 8 heteroatoms. The molecule has 0 unspecified atom stereocenters. The predicted molar refractivity (Wildman–Crippen MR) is 103 cm³/mol. The van der Waals surface area contributed by atoms with Crippen LogP contribution in [0.5, 0.6) is 5.75 Å². The van der Waals surface area contributed by atoms with Gasteiger partial charge in [-0.05, 0) is 37.3 Å². The van der Waals surface area contributed by atoms with E-state index in [0.717, 1.165) is 10.2 Å². The highest BCUT2D eigenvalue weighted by Gasteiger charge is 2.10. The number of carbonyl (C=O) groups is 1. The number of benzene rings is 2. The standard InChI is InChI=1S/C17H13Cl3N2O2S/c1-2-22-16-11(19)4-3-5-14(16)25-17(22)21-15(23)9-24-13-7-6-10(18)8-12(13)20/h3-8H,2,9H2,1H3. The summed E-state index contributed by atoms with van der Waals surface area (Å²) in [6.07, 6.45) is 0. The average Bonchev–Trinajstić information content (AvgIpc) is 2.92. The Morgan fingerprint density at radius 1 is 1.20 bits per heavy atom. The molecule has 4 nitrogen and oxygen atoms in total. The number of rotatable bonds is 4. The van der Waals surface area contributed by atoms with Crippen molar-refractivity contribution >= 4 is 62.3 Å². The summed E-state index contributed by atoms with van der Waals surface area (Å²) in [5, 5.41) is 1.48. The summed E-state index contributed by atoms with van der Waals surface area (Å²) in [4.78, 5) is 16.9. The van der Waals surface area contributed by atoms with Crippen LogP contribution in [0, 0.1) is 0 Å². The number of hydrogen-bond donors (Lipinski definition) is 0. The minimum absolute atomic E-state index is 0.215. The fourth-order valence-corrected chi connectivity index (χ4v) is 4.27. The molecule has 0 atom stereocenters.